The second-order valence-electron chi connectivity index (χ2n) is 7.95. The minimum atomic E-state index is -0.736. The lowest BCUT2D eigenvalue weighted by Crippen LogP contribution is -2.32. The van der Waals surface area contributed by atoms with Gasteiger partial charge in [-0.05, 0) is 48.2 Å². The van der Waals surface area contributed by atoms with Crippen molar-refractivity contribution >= 4 is 17.4 Å². The SMILES string of the molecule is COCCN1C(=O)C(=O)/C(=C(/O)c2ccc(OCC(C)C)cc2C)[C@H]1c1cccnc1. The van der Waals surface area contributed by atoms with E-state index in [2.05, 4.69) is 18.8 Å². The van der Waals surface area contributed by atoms with Gasteiger partial charge in [0.2, 0.25) is 0 Å². The summed E-state index contributed by atoms with van der Waals surface area (Å²) >= 11 is 0. The fourth-order valence-corrected chi connectivity index (χ4v) is 3.58. The van der Waals surface area contributed by atoms with Gasteiger partial charge in [-0.3, -0.25) is 14.6 Å². The normalized spacial score (nSPS) is 18.1. The van der Waals surface area contributed by atoms with E-state index in [1.807, 2.05) is 13.0 Å². The first kappa shape index (κ1) is 22.5. The number of likely N-dealkylation sites (tertiary alicyclic amines) is 1. The van der Waals surface area contributed by atoms with Crippen molar-refractivity contribution in [2.24, 2.45) is 5.92 Å². The predicted molar refractivity (Wildman–Crippen MR) is 117 cm³/mol. The van der Waals surface area contributed by atoms with Crippen LogP contribution < -0.4 is 4.74 Å². The number of aliphatic hydroxyl groups is 1. The number of ketones is 1. The number of hydrogen-bond donors (Lipinski definition) is 1. The van der Waals surface area contributed by atoms with Crippen LogP contribution in [0.15, 0.2) is 48.3 Å². The van der Waals surface area contributed by atoms with Crippen molar-refractivity contribution in [2.75, 3.05) is 26.9 Å². The fourth-order valence-electron chi connectivity index (χ4n) is 3.58. The van der Waals surface area contributed by atoms with Crippen molar-refractivity contribution in [3.8, 4) is 5.75 Å². The summed E-state index contributed by atoms with van der Waals surface area (Å²) in [4.78, 5) is 31.2. The van der Waals surface area contributed by atoms with Gasteiger partial charge in [-0.1, -0.05) is 19.9 Å². The van der Waals surface area contributed by atoms with Gasteiger partial charge in [0.25, 0.3) is 11.7 Å². The third-order valence-electron chi connectivity index (χ3n) is 5.11. The second-order valence-corrected chi connectivity index (χ2v) is 7.95. The number of pyridine rings is 1. The Morgan fingerprint density at radius 2 is 2.03 bits per heavy atom. The van der Waals surface area contributed by atoms with Crippen molar-refractivity contribution in [3.63, 3.8) is 0 Å². The summed E-state index contributed by atoms with van der Waals surface area (Å²) in [6.07, 6.45) is 3.21. The molecule has 7 heteroatoms. The summed E-state index contributed by atoms with van der Waals surface area (Å²) in [5.74, 6) is -0.521. The van der Waals surface area contributed by atoms with E-state index in [4.69, 9.17) is 9.47 Å². The Morgan fingerprint density at radius 1 is 1.26 bits per heavy atom. The maximum Gasteiger partial charge on any atom is 0.295 e. The highest BCUT2D eigenvalue weighted by Gasteiger charge is 2.46. The van der Waals surface area contributed by atoms with E-state index in [1.165, 1.54) is 12.0 Å². The largest absolute Gasteiger partial charge is 0.507 e. The Balaban J connectivity index is 2.06. The van der Waals surface area contributed by atoms with Crippen LogP contribution in [0, 0.1) is 12.8 Å². The smallest absolute Gasteiger partial charge is 0.295 e. The van der Waals surface area contributed by atoms with Crippen LogP contribution in [0.3, 0.4) is 0 Å². The van der Waals surface area contributed by atoms with Crippen molar-refractivity contribution in [1.29, 1.82) is 0 Å². The maximum atomic E-state index is 12.9. The molecular weight excluding hydrogens is 396 g/mol. The number of aryl methyl sites for hydroxylation is 1. The number of carbonyl (C=O) groups excluding carboxylic acids is 2. The number of rotatable bonds is 8. The molecule has 1 amide bonds. The molecule has 0 saturated carbocycles. The number of ether oxygens (including phenoxy) is 2. The number of aromatic nitrogens is 1. The maximum absolute atomic E-state index is 12.9. The molecule has 1 aliphatic rings. The van der Waals surface area contributed by atoms with Gasteiger partial charge < -0.3 is 19.5 Å². The molecule has 0 spiro atoms. The van der Waals surface area contributed by atoms with E-state index < -0.39 is 17.7 Å². The van der Waals surface area contributed by atoms with Crippen molar-refractivity contribution in [1.82, 2.24) is 9.88 Å². The molecule has 1 fully saturated rings. The van der Waals surface area contributed by atoms with Crippen molar-refractivity contribution in [2.45, 2.75) is 26.8 Å². The van der Waals surface area contributed by atoms with Crippen LogP contribution in [0.4, 0.5) is 0 Å². The molecule has 1 aromatic heterocycles. The van der Waals surface area contributed by atoms with Gasteiger partial charge in [-0.2, -0.15) is 0 Å². The minimum Gasteiger partial charge on any atom is -0.507 e. The quantitative estimate of drug-likeness (QED) is 0.396. The van der Waals surface area contributed by atoms with E-state index in [-0.39, 0.29) is 24.5 Å². The monoisotopic (exact) mass is 424 g/mol. The lowest BCUT2D eigenvalue weighted by Gasteiger charge is -2.24. The Morgan fingerprint density at radius 3 is 2.65 bits per heavy atom. The zero-order chi connectivity index (χ0) is 22.5. The van der Waals surface area contributed by atoms with E-state index in [0.717, 1.165) is 5.56 Å². The average Bonchev–Trinajstić information content (AvgIpc) is 3.01. The molecule has 1 saturated heterocycles. The molecule has 0 unspecified atom stereocenters. The second kappa shape index (κ2) is 9.75. The number of nitrogens with zero attached hydrogens (tertiary/aromatic N) is 2. The van der Waals surface area contributed by atoms with Crippen molar-refractivity contribution < 1.29 is 24.2 Å². The number of Topliss-reactive ketones (excluding diaryl/α,β-unsaturated/α-hetero) is 1. The Labute approximate surface area is 182 Å². The number of methoxy groups -OCH3 is 1. The highest BCUT2D eigenvalue weighted by atomic mass is 16.5. The van der Waals surface area contributed by atoms with E-state index in [9.17, 15) is 14.7 Å². The molecule has 3 rings (SSSR count). The molecule has 2 heterocycles. The molecule has 1 N–H and O–H groups in total. The highest BCUT2D eigenvalue weighted by molar-refractivity contribution is 6.46. The molecule has 0 aliphatic carbocycles. The van der Waals surface area contributed by atoms with Gasteiger partial charge in [-0.25, -0.2) is 0 Å². The lowest BCUT2D eigenvalue weighted by molar-refractivity contribution is -0.140. The molecule has 7 nitrogen and oxygen atoms in total. The third-order valence-corrected chi connectivity index (χ3v) is 5.11. The predicted octanol–water partition coefficient (Wildman–Crippen LogP) is 3.49. The van der Waals surface area contributed by atoms with Crippen LogP contribution >= 0.6 is 0 Å². The summed E-state index contributed by atoms with van der Waals surface area (Å²) in [7, 11) is 1.53. The van der Waals surface area contributed by atoms with Gasteiger partial charge in [-0.15, -0.1) is 0 Å². The van der Waals surface area contributed by atoms with E-state index >= 15 is 0 Å². The fraction of sp³-hybridized carbons (Fsp3) is 0.375. The standard InChI is InChI=1S/C24H28N2O5/c1-15(2)14-31-18-7-8-19(16(3)12-18)22(27)20-21(17-6-5-9-25-13-17)26(10-11-30-4)24(29)23(20)28/h5-9,12-13,15,21,27H,10-11,14H2,1-4H3/b22-20+/t21-/m1/s1. The van der Waals surface area contributed by atoms with E-state index in [0.29, 0.717) is 29.4 Å². The Kier molecular flexibility index (Phi) is 7.07. The molecule has 164 valence electrons. The van der Waals surface area contributed by atoms with Crippen LogP contribution in [0.5, 0.6) is 5.75 Å². The first-order valence-corrected chi connectivity index (χ1v) is 10.3. The zero-order valence-electron chi connectivity index (χ0n) is 18.3. The van der Waals surface area contributed by atoms with Crippen LogP contribution in [0.25, 0.3) is 5.76 Å². The molecule has 0 bridgehead atoms. The minimum absolute atomic E-state index is 0.0491. The molecule has 1 aliphatic heterocycles. The van der Waals surface area contributed by atoms with Crippen LogP contribution in [-0.2, 0) is 14.3 Å². The van der Waals surface area contributed by atoms with Gasteiger partial charge in [0, 0.05) is 31.6 Å². The number of amides is 1. The summed E-state index contributed by atoms with van der Waals surface area (Å²) in [5.41, 5.74) is 1.92. The summed E-state index contributed by atoms with van der Waals surface area (Å²) < 4.78 is 10.9. The van der Waals surface area contributed by atoms with Crippen LogP contribution in [0.2, 0.25) is 0 Å². The summed E-state index contributed by atoms with van der Waals surface area (Å²) in [6.45, 7) is 7.03. The van der Waals surface area contributed by atoms with Gasteiger partial charge in [0.05, 0.1) is 24.8 Å². The molecule has 1 aromatic carbocycles. The topological polar surface area (TPSA) is 89.0 Å². The molecule has 31 heavy (non-hydrogen) atoms. The van der Waals surface area contributed by atoms with E-state index in [1.54, 1.807) is 36.7 Å². The summed E-state index contributed by atoms with van der Waals surface area (Å²) in [5, 5.41) is 11.2. The molecule has 2 aromatic rings. The Hall–Kier alpha value is -3.19. The van der Waals surface area contributed by atoms with Gasteiger partial charge in [0.15, 0.2) is 0 Å². The first-order chi connectivity index (χ1) is 14.8. The van der Waals surface area contributed by atoms with Crippen LogP contribution in [0.1, 0.15) is 36.6 Å². The summed E-state index contributed by atoms with van der Waals surface area (Å²) in [6, 6.07) is 8.07. The number of carbonyl (C=O) groups is 2. The lowest BCUT2D eigenvalue weighted by atomic mass is 9.94. The first-order valence-electron chi connectivity index (χ1n) is 10.3. The molecule has 1 atom stereocenters. The zero-order valence-corrected chi connectivity index (χ0v) is 18.3. The third kappa shape index (κ3) is 4.77. The number of benzene rings is 1. The average molecular weight is 424 g/mol. The van der Waals surface area contributed by atoms with Crippen molar-refractivity contribution in [3.05, 3.63) is 65.0 Å². The number of hydrogen-bond acceptors (Lipinski definition) is 6. The Bertz CT molecular complexity index is 985. The number of aliphatic hydroxyl groups excluding tert-OH is 1. The van der Waals surface area contributed by atoms with Gasteiger partial charge >= 0.3 is 0 Å². The molecular formula is C24H28N2O5. The highest BCUT2D eigenvalue weighted by Crippen LogP contribution is 2.39. The van der Waals surface area contributed by atoms with Crippen LogP contribution in [-0.4, -0.2) is 53.5 Å². The van der Waals surface area contributed by atoms with Gasteiger partial charge in [0.1, 0.15) is 11.5 Å². The molecule has 0 radical (unpaired) electrons.